The molecule has 0 radical (unpaired) electrons. The van der Waals surface area contributed by atoms with E-state index < -0.39 is 23.9 Å². The summed E-state index contributed by atoms with van der Waals surface area (Å²) in [4.78, 5) is 28.3. The molecule has 7 nitrogen and oxygen atoms in total. The predicted octanol–water partition coefficient (Wildman–Crippen LogP) is 6.28. The highest BCUT2D eigenvalue weighted by Crippen LogP contribution is 2.31. The molecule has 2 heterocycles. The molecule has 1 amide bonds. The molecule has 0 aliphatic heterocycles. The molecular formula is C27H24F6N4O3. The van der Waals surface area contributed by atoms with E-state index in [4.69, 9.17) is 9.90 Å². The molecule has 2 aromatic heterocycles. The number of halogens is 6. The molecule has 40 heavy (non-hydrogen) atoms. The number of benzene rings is 2. The number of fused-ring (bicyclic) bond motifs is 1. The van der Waals surface area contributed by atoms with Crippen LogP contribution in [0.4, 0.5) is 32.0 Å². The van der Waals surface area contributed by atoms with Gasteiger partial charge in [0.15, 0.2) is 0 Å². The number of anilines is 1. The molecule has 0 fully saturated rings. The first kappa shape index (κ1) is 30.2. The van der Waals surface area contributed by atoms with Crippen LogP contribution in [0.25, 0.3) is 16.8 Å². The highest BCUT2D eigenvalue weighted by atomic mass is 19.4. The Morgan fingerprint density at radius 1 is 0.900 bits per heavy atom. The number of carboxylic acid groups (broad SMARTS) is 1. The molecule has 0 spiro atoms. The number of hydrogen-bond acceptors (Lipinski definition) is 4. The number of amides is 1. The molecule has 0 aliphatic carbocycles. The predicted molar refractivity (Wildman–Crippen MR) is 136 cm³/mol. The lowest BCUT2D eigenvalue weighted by molar-refractivity contribution is -0.192. The second-order valence-corrected chi connectivity index (χ2v) is 8.94. The van der Waals surface area contributed by atoms with E-state index in [9.17, 15) is 31.1 Å². The number of aromatic nitrogens is 2. The number of carbonyl (C=O) groups is 2. The number of nitrogens with one attached hydrogen (secondary N) is 1. The van der Waals surface area contributed by atoms with Crippen molar-refractivity contribution >= 4 is 23.2 Å². The fourth-order valence-corrected chi connectivity index (χ4v) is 3.60. The second kappa shape index (κ2) is 11.8. The van der Waals surface area contributed by atoms with Crippen molar-refractivity contribution in [2.45, 2.75) is 25.8 Å². The molecule has 2 aromatic carbocycles. The first-order valence-corrected chi connectivity index (χ1v) is 11.6. The first-order chi connectivity index (χ1) is 18.6. The summed E-state index contributed by atoms with van der Waals surface area (Å²) >= 11 is 0. The highest BCUT2D eigenvalue weighted by molar-refractivity contribution is 6.04. The van der Waals surface area contributed by atoms with Crippen LogP contribution in [0.1, 0.15) is 27.3 Å². The van der Waals surface area contributed by atoms with Crippen LogP contribution < -0.4 is 5.32 Å². The van der Waals surface area contributed by atoms with E-state index in [0.717, 1.165) is 41.3 Å². The Morgan fingerprint density at radius 2 is 1.43 bits per heavy atom. The van der Waals surface area contributed by atoms with Crippen molar-refractivity contribution in [3.05, 3.63) is 89.4 Å². The van der Waals surface area contributed by atoms with Gasteiger partial charge in [0.2, 0.25) is 0 Å². The summed E-state index contributed by atoms with van der Waals surface area (Å²) in [6.45, 7) is 2.71. The Kier molecular flexibility index (Phi) is 8.88. The van der Waals surface area contributed by atoms with Crippen LogP contribution in [0.15, 0.2) is 66.9 Å². The van der Waals surface area contributed by atoms with E-state index in [-0.39, 0.29) is 5.91 Å². The van der Waals surface area contributed by atoms with Gasteiger partial charge in [0.1, 0.15) is 5.65 Å². The van der Waals surface area contributed by atoms with Crippen LogP contribution >= 0.6 is 0 Å². The lowest BCUT2D eigenvalue weighted by Crippen LogP contribution is -2.21. The fourth-order valence-electron chi connectivity index (χ4n) is 3.60. The van der Waals surface area contributed by atoms with Crippen molar-refractivity contribution in [2.24, 2.45) is 0 Å². The van der Waals surface area contributed by atoms with Crippen LogP contribution in [-0.4, -0.2) is 51.5 Å². The number of aryl methyl sites for hydroxylation is 1. The number of aliphatic carboxylic acids is 1. The first-order valence-electron chi connectivity index (χ1n) is 11.6. The van der Waals surface area contributed by atoms with Gasteiger partial charge in [0.05, 0.1) is 16.9 Å². The summed E-state index contributed by atoms with van der Waals surface area (Å²) in [6, 6.07) is 15.3. The van der Waals surface area contributed by atoms with Crippen molar-refractivity contribution < 1.29 is 41.0 Å². The summed E-state index contributed by atoms with van der Waals surface area (Å²) in [5, 5.41) is 10.0. The van der Waals surface area contributed by atoms with Gasteiger partial charge < -0.3 is 19.7 Å². The maximum Gasteiger partial charge on any atom is 0.490 e. The highest BCUT2D eigenvalue weighted by Gasteiger charge is 2.38. The number of hydrogen-bond donors (Lipinski definition) is 2. The van der Waals surface area contributed by atoms with E-state index >= 15 is 0 Å². The Labute approximate surface area is 224 Å². The summed E-state index contributed by atoms with van der Waals surface area (Å²) in [5.41, 5.74) is 4.55. The molecule has 2 N–H and O–H groups in total. The SMILES string of the molecule is Cc1c(CN(C)C)nc2ccc(NC(=O)c3ccc(-c4ccc(C(F)(F)F)cc4)cc3)cn12.O=C(O)C(F)(F)F. The Balaban J connectivity index is 0.000000559. The smallest absolute Gasteiger partial charge is 0.475 e. The number of carbonyl (C=O) groups excluding carboxylic acids is 1. The van der Waals surface area contributed by atoms with Crippen molar-refractivity contribution in [1.29, 1.82) is 0 Å². The van der Waals surface area contributed by atoms with E-state index in [1.54, 1.807) is 30.3 Å². The number of carboxylic acids is 1. The lowest BCUT2D eigenvalue weighted by Gasteiger charge is -2.09. The van der Waals surface area contributed by atoms with Crippen LogP contribution in [0.3, 0.4) is 0 Å². The number of alkyl halides is 6. The lowest BCUT2D eigenvalue weighted by atomic mass is 10.0. The van der Waals surface area contributed by atoms with Crippen LogP contribution in [0.5, 0.6) is 0 Å². The zero-order valence-corrected chi connectivity index (χ0v) is 21.4. The van der Waals surface area contributed by atoms with Gasteiger partial charge in [-0.1, -0.05) is 24.3 Å². The molecule has 0 saturated carbocycles. The standard InChI is InChI=1S/C25H23F3N4O.C2HF3O2/c1-16-22(15-31(2)3)30-23-13-12-21(14-32(16)23)29-24(33)19-6-4-17(5-7-19)18-8-10-20(11-9-18)25(26,27)28;3-2(4,5)1(6)7/h4-14H,15H2,1-3H3,(H,29,33);(H,6,7). The van der Waals surface area contributed by atoms with Crippen LogP contribution in [0.2, 0.25) is 0 Å². The molecule has 0 bridgehead atoms. The van der Waals surface area contributed by atoms with Gasteiger partial charge in [-0.05, 0) is 68.5 Å². The van der Waals surface area contributed by atoms with E-state index in [1.165, 1.54) is 12.1 Å². The van der Waals surface area contributed by atoms with Gasteiger partial charge >= 0.3 is 18.3 Å². The Bertz CT molecular complexity index is 1490. The molecule has 0 atom stereocenters. The van der Waals surface area contributed by atoms with Gasteiger partial charge in [0, 0.05) is 24.0 Å². The fraction of sp³-hybridized carbons (Fsp3) is 0.222. The second-order valence-electron chi connectivity index (χ2n) is 8.94. The van der Waals surface area contributed by atoms with Gasteiger partial charge in [-0.15, -0.1) is 0 Å². The van der Waals surface area contributed by atoms with Crippen molar-refractivity contribution in [3.8, 4) is 11.1 Å². The molecule has 212 valence electrons. The third-order valence-corrected chi connectivity index (χ3v) is 5.61. The number of imidazole rings is 1. The zero-order chi connectivity index (χ0) is 29.8. The van der Waals surface area contributed by atoms with Crippen LogP contribution in [-0.2, 0) is 17.5 Å². The average molecular weight is 567 g/mol. The molecule has 0 unspecified atom stereocenters. The molecule has 4 rings (SSSR count). The average Bonchev–Trinajstić information content (AvgIpc) is 3.17. The third kappa shape index (κ3) is 7.59. The maximum atomic E-state index is 12.8. The molecule has 0 aliphatic rings. The molecule has 4 aromatic rings. The Hall–Kier alpha value is -4.39. The summed E-state index contributed by atoms with van der Waals surface area (Å²) in [5.74, 6) is -3.04. The number of pyridine rings is 1. The summed E-state index contributed by atoms with van der Waals surface area (Å²) in [7, 11) is 3.97. The normalized spacial score (nSPS) is 11.8. The largest absolute Gasteiger partial charge is 0.490 e. The van der Waals surface area contributed by atoms with Gasteiger partial charge in [0.25, 0.3) is 5.91 Å². The Morgan fingerprint density at radius 3 is 1.90 bits per heavy atom. The third-order valence-electron chi connectivity index (χ3n) is 5.61. The minimum Gasteiger partial charge on any atom is -0.475 e. The number of nitrogens with zero attached hydrogens (tertiary/aromatic N) is 3. The van der Waals surface area contributed by atoms with Gasteiger partial charge in [-0.3, -0.25) is 4.79 Å². The molecular weight excluding hydrogens is 542 g/mol. The van der Waals surface area contributed by atoms with Crippen molar-refractivity contribution in [3.63, 3.8) is 0 Å². The molecule has 0 saturated heterocycles. The van der Waals surface area contributed by atoms with Gasteiger partial charge in [-0.2, -0.15) is 26.3 Å². The van der Waals surface area contributed by atoms with Crippen molar-refractivity contribution in [2.75, 3.05) is 19.4 Å². The zero-order valence-electron chi connectivity index (χ0n) is 21.4. The van der Waals surface area contributed by atoms with E-state index in [0.29, 0.717) is 16.8 Å². The topological polar surface area (TPSA) is 86.9 Å². The number of rotatable bonds is 5. The van der Waals surface area contributed by atoms with Crippen LogP contribution in [0, 0.1) is 6.92 Å². The quantitative estimate of drug-likeness (QED) is 0.278. The van der Waals surface area contributed by atoms with E-state index in [2.05, 4.69) is 10.3 Å². The monoisotopic (exact) mass is 566 g/mol. The maximum absolute atomic E-state index is 12.8. The minimum atomic E-state index is -5.08. The minimum absolute atomic E-state index is 0.278. The van der Waals surface area contributed by atoms with Crippen molar-refractivity contribution in [1.82, 2.24) is 14.3 Å². The van der Waals surface area contributed by atoms with Gasteiger partial charge in [-0.25, -0.2) is 9.78 Å². The van der Waals surface area contributed by atoms with E-state index in [1.807, 2.05) is 42.6 Å². The summed E-state index contributed by atoms with van der Waals surface area (Å²) < 4.78 is 71.9. The summed E-state index contributed by atoms with van der Waals surface area (Å²) in [6.07, 6.45) is -7.61. The molecule has 13 heteroatoms.